The lowest BCUT2D eigenvalue weighted by molar-refractivity contribution is 0.0635. The molecule has 1 aliphatic rings. The van der Waals surface area contributed by atoms with Gasteiger partial charge in [-0.15, -0.1) is 0 Å². The summed E-state index contributed by atoms with van der Waals surface area (Å²) in [5, 5.41) is 0. The highest BCUT2D eigenvalue weighted by atomic mass is 32.2. The van der Waals surface area contributed by atoms with Crippen molar-refractivity contribution in [2.45, 2.75) is 30.7 Å². The van der Waals surface area contributed by atoms with Gasteiger partial charge in [-0.05, 0) is 82.4 Å². The average molecular weight is 432 g/mol. The van der Waals surface area contributed by atoms with E-state index >= 15 is 0 Å². The van der Waals surface area contributed by atoms with Crippen LogP contribution >= 0.6 is 0 Å². The summed E-state index contributed by atoms with van der Waals surface area (Å²) in [6.07, 6.45) is 2.07. The molecule has 0 aliphatic carbocycles. The van der Waals surface area contributed by atoms with Gasteiger partial charge in [-0.3, -0.25) is 9.52 Å². The molecule has 162 valence electrons. The Morgan fingerprint density at radius 3 is 2.40 bits per heavy atom. The summed E-state index contributed by atoms with van der Waals surface area (Å²) < 4.78 is 33.1. The number of ether oxygens (including phenoxy) is 1. The normalized spacial score (nSPS) is 17.1. The summed E-state index contributed by atoms with van der Waals surface area (Å²) in [7, 11) is 0.341. The topological polar surface area (TPSA) is 78.9 Å². The van der Waals surface area contributed by atoms with Crippen molar-refractivity contribution >= 4 is 21.6 Å². The fraction of sp³-hybridized carbons (Fsp3) is 0.409. The standard InChI is InChI=1S/C22H29N3O4S/c1-4-29-20-11-13-21(14-12-20)30(27,28)23-18-9-7-17(8-10-18)22(26)25-15-5-6-19(16-25)24(2)3/h7-14,19,23H,4-6,15-16H2,1-3H3. The van der Waals surface area contributed by atoms with Crippen LogP contribution in [0, 0.1) is 0 Å². The van der Waals surface area contributed by atoms with Gasteiger partial charge < -0.3 is 14.5 Å². The van der Waals surface area contributed by atoms with E-state index in [9.17, 15) is 13.2 Å². The molecule has 1 atom stereocenters. The highest BCUT2D eigenvalue weighted by molar-refractivity contribution is 7.92. The Morgan fingerprint density at radius 1 is 1.13 bits per heavy atom. The quantitative estimate of drug-likeness (QED) is 0.729. The van der Waals surface area contributed by atoms with Gasteiger partial charge in [0.1, 0.15) is 5.75 Å². The van der Waals surface area contributed by atoms with Gasteiger partial charge in [-0.2, -0.15) is 0 Å². The fourth-order valence-corrected chi connectivity index (χ4v) is 4.58. The van der Waals surface area contributed by atoms with E-state index in [1.807, 2.05) is 25.9 Å². The molecule has 1 N–H and O–H groups in total. The van der Waals surface area contributed by atoms with E-state index in [0.29, 0.717) is 36.2 Å². The molecular weight excluding hydrogens is 402 g/mol. The second kappa shape index (κ2) is 9.49. The largest absolute Gasteiger partial charge is 0.494 e. The van der Waals surface area contributed by atoms with Crippen molar-refractivity contribution in [3.63, 3.8) is 0 Å². The number of hydrogen-bond acceptors (Lipinski definition) is 5. The summed E-state index contributed by atoms with van der Waals surface area (Å²) in [6.45, 7) is 3.84. The molecular formula is C22H29N3O4S. The molecule has 8 heteroatoms. The first-order valence-corrected chi connectivity index (χ1v) is 11.6. The zero-order chi connectivity index (χ0) is 21.7. The van der Waals surface area contributed by atoms with E-state index in [1.165, 1.54) is 12.1 Å². The van der Waals surface area contributed by atoms with Crippen LogP contribution in [0.25, 0.3) is 0 Å². The zero-order valence-electron chi connectivity index (χ0n) is 17.7. The Labute approximate surface area is 178 Å². The third-order valence-electron chi connectivity index (χ3n) is 5.24. The third-order valence-corrected chi connectivity index (χ3v) is 6.64. The first kappa shape index (κ1) is 22.1. The predicted molar refractivity (Wildman–Crippen MR) is 117 cm³/mol. The second-order valence-corrected chi connectivity index (χ2v) is 9.28. The Kier molecular flexibility index (Phi) is 6.99. The Bertz CT molecular complexity index is 957. The van der Waals surface area contributed by atoms with E-state index in [-0.39, 0.29) is 10.8 Å². The van der Waals surface area contributed by atoms with E-state index in [4.69, 9.17) is 4.74 Å². The number of anilines is 1. The van der Waals surface area contributed by atoms with E-state index < -0.39 is 10.0 Å². The zero-order valence-corrected chi connectivity index (χ0v) is 18.5. The van der Waals surface area contributed by atoms with Gasteiger partial charge in [-0.1, -0.05) is 0 Å². The van der Waals surface area contributed by atoms with Crippen LogP contribution < -0.4 is 9.46 Å². The van der Waals surface area contributed by atoms with E-state index in [2.05, 4.69) is 9.62 Å². The Hall–Kier alpha value is -2.58. The number of nitrogens with one attached hydrogen (secondary N) is 1. The SMILES string of the molecule is CCOc1ccc(S(=O)(=O)Nc2ccc(C(=O)N3CCCC(N(C)C)C3)cc2)cc1. The number of hydrogen-bond donors (Lipinski definition) is 1. The van der Waals surface area contributed by atoms with Gasteiger partial charge in [0.25, 0.3) is 15.9 Å². The molecule has 30 heavy (non-hydrogen) atoms. The molecule has 1 fully saturated rings. The lowest BCUT2D eigenvalue weighted by Crippen LogP contribution is -2.47. The first-order chi connectivity index (χ1) is 14.3. The number of sulfonamides is 1. The first-order valence-electron chi connectivity index (χ1n) is 10.1. The highest BCUT2D eigenvalue weighted by Crippen LogP contribution is 2.21. The van der Waals surface area contributed by atoms with Crippen molar-refractivity contribution in [1.82, 2.24) is 9.80 Å². The third kappa shape index (κ3) is 5.31. The van der Waals surface area contributed by atoms with Crippen molar-refractivity contribution in [3.05, 3.63) is 54.1 Å². The van der Waals surface area contributed by atoms with Crippen LogP contribution in [0.15, 0.2) is 53.4 Å². The summed E-state index contributed by atoms with van der Waals surface area (Å²) in [6, 6.07) is 13.2. The number of amides is 1. The number of likely N-dealkylation sites (N-methyl/N-ethyl adjacent to an activating group) is 1. The fourth-order valence-electron chi connectivity index (χ4n) is 3.52. The lowest BCUT2D eigenvalue weighted by atomic mass is 10.0. The molecule has 0 bridgehead atoms. The summed E-state index contributed by atoms with van der Waals surface area (Å²) >= 11 is 0. The maximum Gasteiger partial charge on any atom is 0.261 e. The maximum atomic E-state index is 12.8. The molecule has 0 aromatic heterocycles. The molecule has 1 amide bonds. The number of carbonyl (C=O) groups is 1. The van der Waals surface area contributed by atoms with E-state index in [1.54, 1.807) is 36.4 Å². The van der Waals surface area contributed by atoms with Crippen molar-refractivity contribution < 1.29 is 17.9 Å². The monoisotopic (exact) mass is 431 g/mol. The molecule has 1 heterocycles. The molecule has 0 saturated carbocycles. The van der Waals surface area contributed by atoms with Crippen LogP contribution in [0.4, 0.5) is 5.69 Å². The van der Waals surface area contributed by atoms with Crippen molar-refractivity contribution in [3.8, 4) is 5.75 Å². The lowest BCUT2D eigenvalue weighted by Gasteiger charge is -2.36. The smallest absolute Gasteiger partial charge is 0.261 e. The summed E-state index contributed by atoms with van der Waals surface area (Å²) in [5.41, 5.74) is 0.962. The van der Waals surface area contributed by atoms with Gasteiger partial charge in [0.2, 0.25) is 0 Å². The number of nitrogens with zero attached hydrogens (tertiary/aromatic N) is 2. The van der Waals surface area contributed by atoms with Crippen LogP contribution in [0.1, 0.15) is 30.1 Å². The minimum absolute atomic E-state index is 0.0255. The van der Waals surface area contributed by atoms with Gasteiger partial charge in [0.05, 0.1) is 11.5 Å². The molecule has 0 radical (unpaired) electrons. The van der Waals surface area contributed by atoms with Crippen LogP contribution in [0.5, 0.6) is 5.75 Å². The molecule has 1 saturated heterocycles. The maximum absolute atomic E-state index is 12.8. The van der Waals surface area contributed by atoms with Gasteiger partial charge in [0, 0.05) is 30.4 Å². The van der Waals surface area contributed by atoms with Crippen LogP contribution in [-0.2, 0) is 10.0 Å². The molecule has 3 rings (SSSR count). The molecule has 2 aromatic carbocycles. The number of piperidine rings is 1. The number of rotatable bonds is 7. The molecule has 1 unspecified atom stereocenters. The van der Waals surface area contributed by atoms with Crippen LogP contribution in [0.2, 0.25) is 0 Å². The van der Waals surface area contributed by atoms with Gasteiger partial charge in [0.15, 0.2) is 0 Å². The van der Waals surface area contributed by atoms with Crippen molar-refractivity contribution in [2.24, 2.45) is 0 Å². The average Bonchev–Trinajstić information content (AvgIpc) is 2.74. The Morgan fingerprint density at radius 2 is 1.80 bits per heavy atom. The summed E-state index contributed by atoms with van der Waals surface area (Å²) in [4.78, 5) is 17.0. The van der Waals surface area contributed by atoms with Gasteiger partial charge >= 0.3 is 0 Å². The highest BCUT2D eigenvalue weighted by Gasteiger charge is 2.25. The minimum Gasteiger partial charge on any atom is -0.494 e. The molecule has 7 nitrogen and oxygen atoms in total. The summed E-state index contributed by atoms with van der Waals surface area (Å²) in [5.74, 6) is 0.594. The van der Waals surface area contributed by atoms with Crippen LogP contribution in [0.3, 0.4) is 0 Å². The van der Waals surface area contributed by atoms with Crippen molar-refractivity contribution in [1.29, 1.82) is 0 Å². The molecule has 0 spiro atoms. The number of benzene rings is 2. The number of likely N-dealkylation sites (tertiary alicyclic amines) is 1. The van der Waals surface area contributed by atoms with Gasteiger partial charge in [-0.25, -0.2) is 8.42 Å². The Balaban J connectivity index is 1.67. The minimum atomic E-state index is -3.72. The number of carbonyl (C=O) groups excluding carboxylic acids is 1. The second-order valence-electron chi connectivity index (χ2n) is 7.60. The van der Waals surface area contributed by atoms with E-state index in [0.717, 1.165) is 19.4 Å². The predicted octanol–water partition coefficient (Wildman–Crippen LogP) is 3.05. The van der Waals surface area contributed by atoms with Crippen LogP contribution in [-0.4, -0.2) is 64.0 Å². The van der Waals surface area contributed by atoms with Crippen molar-refractivity contribution in [2.75, 3.05) is 38.5 Å². The molecule has 1 aliphatic heterocycles. The molecule has 2 aromatic rings.